The van der Waals surface area contributed by atoms with Crippen LogP contribution in [0, 0.1) is 16.7 Å². The molecule has 1 atom stereocenters. The van der Waals surface area contributed by atoms with E-state index >= 15 is 0 Å². The van der Waals surface area contributed by atoms with Gasteiger partial charge in [0.25, 0.3) is 0 Å². The molecular formula is C24H33N3O4. The van der Waals surface area contributed by atoms with Gasteiger partial charge in [-0.1, -0.05) is 42.5 Å². The van der Waals surface area contributed by atoms with Crippen LogP contribution in [0.3, 0.4) is 0 Å². The molecule has 0 radical (unpaired) electrons. The molecule has 1 saturated heterocycles. The van der Waals surface area contributed by atoms with Crippen LogP contribution in [0.15, 0.2) is 43.0 Å². The minimum absolute atomic E-state index is 0.00749. The van der Waals surface area contributed by atoms with Gasteiger partial charge in [-0.05, 0) is 38.2 Å². The number of amidine groups is 1. The smallest absolute Gasteiger partial charge is 0.303 e. The fraction of sp³-hybridized carbons (Fsp3) is 0.458. The van der Waals surface area contributed by atoms with Crippen molar-refractivity contribution in [3.63, 3.8) is 0 Å². The van der Waals surface area contributed by atoms with E-state index in [4.69, 9.17) is 21.0 Å². The monoisotopic (exact) mass is 427 g/mol. The number of ether oxygens (including phenoxy) is 1. The Hall–Kier alpha value is -2.93. The Morgan fingerprint density at radius 3 is 2.45 bits per heavy atom. The molecule has 7 heteroatoms. The maximum absolute atomic E-state index is 13.3. The number of hydrogen-bond acceptors (Lipinski definition) is 4. The molecule has 0 aliphatic carbocycles. The topological polar surface area (TPSA) is 117 Å². The van der Waals surface area contributed by atoms with E-state index in [0.29, 0.717) is 38.1 Å². The summed E-state index contributed by atoms with van der Waals surface area (Å²) in [4.78, 5) is 26.1. The van der Waals surface area contributed by atoms with Crippen molar-refractivity contribution in [1.29, 1.82) is 5.41 Å². The fourth-order valence-corrected chi connectivity index (χ4v) is 3.76. The first kappa shape index (κ1) is 24.3. The lowest BCUT2D eigenvalue weighted by atomic mass is 9.82. The first-order valence-electron chi connectivity index (χ1n) is 10.5. The highest BCUT2D eigenvalue weighted by Crippen LogP contribution is 2.31. The van der Waals surface area contributed by atoms with Crippen molar-refractivity contribution in [1.82, 2.24) is 4.90 Å². The Morgan fingerprint density at radius 1 is 1.32 bits per heavy atom. The summed E-state index contributed by atoms with van der Waals surface area (Å²) >= 11 is 0. The summed E-state index contributed by atoms with van der Waals surface area (Å²) in [5.74, 6) is -0.659. The number of rotatable bonds is 10. The highest BCUT2D eigenvalue weighted by atomic mass is 16.5. The number of aliphatic carboxylic acids is 1. The minimum atomic E-state index is -0.807. The molecule has 0 saturated carbocycles. The molecule has 1 heterocycles. The van der Waals surface area contributed by atoms with Crippen molar-refractivity contribution >= 4 is 23.8 Å². The molecule has 1 aromatic rings. The van der Waals surface area contributed by atoms with E-state index in [9.17, 15) is 9.59 Å². The van der Waals surface area contributed by atoms with Crippen molar-refractivity contribution in [2.24, 2.45) is 17.1 Å². The number of carbonyl (C=O) groups is 2. The summed E-state index contributed by atoms with van der Waals surface area (Å²) in [6.07, 6.45) is 6.51. The molecule has 2 rings (SSSR count). The van der Waals surface area contributed by atoms with Gasteiger partial charge in [-0.25, -0.2) is 0 Å². The first-order chi connectivity index (χ1) is 14.6. The average molecular weight is 428 g/mol. The number of nitrogens with one attached hydrogen (secondary N) is 1. The predicted molar refractivity (Wildman–Crippen MR) is 122 cm³/mol. The number of carboxylic acid groups (broad SMARTS) is 1. The van der Waals surface area contributed by atoms with Gasteiger partial charge in [0.2, 0.25) is 5.91 Å². The molecule has 1 aromatic carbocycles. The summed E-state index contributed by atoms with van der Waals surface area (Å²) in [6.45, 7) is 8.88. The Labute approximate surface area is 184 Å². The molecule has 0 bridgehead atoms. The van der Waals surface area contributed by atoms with E-state index in [1.807, 2.05) is 43.0 Å². The molecular weight excluding hydrogens is 394 g/mol. The largest absolute Gasteiger partial charge is 0.481 e. The lowest BCUT2D eigenvalue weighted by Crippen LogP contribution is -2.50. The summed E-state index contributed by atoms with van der Waals surface area (Å²) in [6, 6.07) is 7.28. The van der Waals surface area contributed by atoms with Crippen molar-refractivity contribution in [3.8, 4) is 0 Å². The number of likely N-dealkylation sites (tertiary alicyclic amines) is 1. The molecule has 4 N–H and O–H groups in total. The number of nitrogens with zero attached hydrogens (tertiary/aromatic N) is 1. The number of nitrogen functional groups attached to an aromatic ring is 1. The number of carbonyl (C=O) groups excluding carboxylic acids is 1. The van der Waals surface area contributed by atoms with E-state index in [0.717, 1.165) is 5.56 Å². The van der Waals surface area contributed by atoms with Gasteiger partial charge in [0, 0.05) is 25.1 Å². The van der Waals surface area contributed by atoms with E-state index in [1.54, 1.807) is 18.2 Å². The molecule has 0 spiro atoms. The van der Waals surface area contributed by atoms with Crippen LogP contribution in [0.2, 0.25) is 0 Å². The van der Waals surface area contributed by atoms with Gasteiger partial charge in [0.1, 0.15) is 5.84 Å². The Bertz CT molecular complexity index is 822. The van der Waals surface area contributed by atoms with Gasteiger partial charge in [-0.15, -0.1) is 6.58 Å². The highest BCUT2D eigenvalue weighted by Gasteiger charge is 2.40. The van der Waals surface area contributed by atoms with Crippen LogP contribution in [0.5, 0.6) is 0 Å². The number of amides is 1. The SMILES string of the molecule is C=CCOC(/C=C/c1ccc(C(=N)N)cc1)C(C)(C)C(=O)N1CCC(CC(=O)O)CC1. The zero-order chi connectivity index (χ0) is 23.0. The zero-order valence-electron chi connectivity index (χ0n) is 18.3. The van der Waals surface area contributed by atoms with Gasteiger partial charge >= 0.3 is 5.97 Å². The molecule has 168 valence electrons. The molecule has 1 amide bonds. The number of carboxylic acids is 1. The van der Waals surface area contributed by atoms with Crippen LogP contribution < -0.4 is 5.73 Å². The molecule has 1 fully saturated rings. The normalized spacial score (nSPS) is 16.3. The lowest BCUT2D eigenvalue weighted by molar-refractivity contribution is -0.148. The van der Waals surface area contributed by atoms with Crippen molar-refractivity contribution in [3.05, 3.63) is 54.1 Å². The summed E-state index contributed by atoms with van der Waals surface area (Å²) in [5, 5.41) is 16.5. The molecule has 1 aliphatic rings. The van der Waals surface area contributed by atoms with Crippen LogP contribution in [-0.2, 0) is 14.3 Å². The van der Waals surface area contributed by atoms with E-state index in [-0.39, 0.29) is 24.1 Å². The van der Waals surface area contributed by atoms with E-state index in [2.05, 4.69) is 6.58 Å². The summed E-state index contributed by atoms with van der Waals surface area (Å²) in [7, 11) is 0. The van der Waals surface area contributed by atoms with Crippen LogP contribution in [0.1, 0.15) is 44.2 Å². The van der Waals surface area contributed by atoms with Crippen LogP contribution in [0.4, 0.5) is 0 Å². The van der Waals surface area contributed by atoms with Gasteiger partial charge in [-0.3, -0.25) is 15.0 Å². The maximum Gasteiger partial charge on any atom is 0.303 e. The number of nitrogens with two attached hydrogens (primary N) is 1. The highest BCUT2D eigenvalue weighted by molar-refractivity contribution is 5.95. The number of benzene rings is 1. The second-order valence-corrected chi connectivity index (χ2v) is 8.49. The summed E-state index contributed by atoms with van der Waals surface area (Å²) < 4.78 is 5.94. The maximum atomic E-state index is 13.3. The predicted octanol–water partition coefficient (Wildman–Crippen LogP) is 3.29. The van der Waals surface area contributed by atoms with Gasteiger partial charge in [0.15, 0.2) is 0 Å². The standard InChI is InChI=1S/C24H33N3O4/c1-4-15-31-20(10-7-17-5-8-19(9-6-17)22(25)26)24(2,3)23(30)27-13-11-18(12-14-27)16-21(28)29/h4-10,18,20H,1,11-16H2,2-3H3,(H3,25,26)(H,28,29)/b10-7+. The Kier molecular flexibility index (Phi) is 8.56. The third kappa shape index (κ3) is 6.79. The third-order valence-electron chi connectivity index (χ3n) is 5.71. The fourth-order valence-electron chi connectivity index (χ4n) is 3.76. The lowest BCUT2D eigenvalue weighted by Gasteiger charge is -2.39. The second-order valence-electron chi connectivity index (χ2n) is 8.49. The van der Waals surface area contributed by atoms with Gasteiger partial charge < -0.3 is 20.5 Å². The minimum Gasteiger partial charge on any atom is -0.481 e. The second kappa shape index (κ2) is 10.9. The average Bonchev–Trinajstić information content (AvgIpc) is 2.73. The third-order valence-corrected chi connectivity index (χ3v) is 5.71. The molecule has 0 aromatic heterocycles. The van der Waals surface area contributed by atoms with Crippen LogP contribution >= 0.6 is 0 Å². The molecule has 7 nitrogen and oxygen atoms in total. The molecule has 31 heavy (non-hydrogen) atoms. The van der Waals surface area contributed by atoms with Crippen LogP contribution in [0.25, 0.3) is 6.08 Å². The molecule has 1 unspecified atom stereocenters. The van der Waals surface area contributed by atoms with Crippen LogP contribution in [-0.4, -0.2) is 53.5 Å². The van der Waals surface area contributed by atoms with Crippen molar-refractivity contribution < 1.29 is 19.4 Å². The number of hydrogen-bond donors (Lipinski definition) is 3. The summed E-state index contributed by atoms with van der Waals surface area (Å²) in [5.41, 5.74) is 6.26. The van der Waals surface area contributed by atoms with Gasteiger partial charge in [0.05, 0.1) is 18.1 Å². The van der Waals surface area contributed by atoms with Gasteiger partial charge in [-0.2, -0.15) is 0 Å². The quantitative estimate of drug-likeness (QED) is 0.301. The Morgan fingerprint density at radius 2 is 1.94 bits per heavy atom. The van der Waals surface area contributed by atoms with Crippen molar-refractivity contribution in [2.45, 2.75) is 39.2 Å². The van der Waals surface area contributed by atoms with E-state index in [1.165, 1.54) is 0 Å². The molecule has 1 aliphatic heterocycles. The number of piperidine rings is 1. The first-order valence-corrected chi connectivity index (χ1v) is 10.5. The zero-order valence-corrected chi connectivity index (χ0v) is 18.3. The Balaban J connectivity index is 2.11. The van der Waals surface area contributed by atoms with Crippen molar-refractivity contribution in [2.75, 3.05) is 19.7 Å². The van der Waals surface area contributed by atoms with E-state index < -0.39 is 17.5 Å².